The van der Waals surface area contributed by atoms with Crippen LogP contribution in [0.25, 0.3) is 0 Å². The summed E-state index contributed by atoms with van der Waals surface area (Å²) in [6, 6.07) is 11.1. The zero-order valence-corrected chi connectivity index (χ0v) is 18.5. The number of nitrogens with zero attached hydrogens (tertiary/aromatic N) is 2. The van der Waals surface area contributed by atoms with E-state index in [-0.39, 0.29) is 10.8 Å². The van der Waals surface area contributed by atoms with Crippen molar-refractivity contribution in [2.45, 2.75) is 50.0 Å². The third kappa shape index (κ3) is 3.84. The standard InChI is InChI=1S/C23H28N2O4S/c1-16(29-20-9-8-17-6-4-5-7-18(17)14-20)23(26)25-13-12-19-15-21(10-11-22(19)25)30(27,28)24(2)3/h8-11,14-16H,4-7,12-13H2,1-3H3/t16-/m0/s1. The normalized spacial score (nSPS) is 16.9. The summed E-state index contributed by atoms with van der Waals surface area (Å²) < 4.78 is 32.0. The number of amides is 1. The lowest BCUT2D eigenvalue weighted by atomic mass is 9.92. The minimum atomic E-state index is -3.50. The first-order valence-electron chi connectivity index (χ1n) is 10.4. The Morgan fingerprint density at radius 1 is 1.00 bits per heavy atom. The van der Waals surface area contributed by atoms with Crippen molar-refractivity contribution in [3.63, 3.8) is 0 Å². The molecular formula is C23H28N2O4S. The highest BCUT2D eigenvalue weighted by Gasteiger charge is 2.30. The van der Waals surface area contributed by atoms with Crippen LogP contribution in [-0.2, 0) is 34.1 Å². The Morgan fingerprint density at radius 3 is 2.47 bits per heavy atom. The summed E-state index contributed by atoms with van der Waals surface area (Å²) in [6.45, 7) is 2.29. The van der Waals surface area contributed by atoms with Gasteiger partial charge in [-0.05, 0) is 86.1 Å². The molecule has 2 aliphatic rings. The van der Waals surface area contributed by atoms with Gasteiger partial charge in [0.15, 0.2) is 6.10 Å². The van der Waals surface area contributed by atoms with Gasteiger partial charge in [-0.25, -0.2) is 12.7 Å². The van der Waals surface area contributed by atoms with Crippen molar-refractivity contribution in [2.75, 3.05) is 25.5 Å². The van der Waals surface area contributed by atoms with Crippen LogP contribution in [0.5, 0.6) is 5.75 Å². The molecule has 4 rings (SSSR count). The summed E-state index contributed by atoms with van der Waals surface area (Å²) in [4.78, 5) is 15.0. The van der Waals surface area contributed by atoms with Gasteiger partial charge in [0.1, 0.15) is 5.75 Å². The number of anilines is 1. The zero-order chi connectivity index (χ0) is 21.5. The van der Waals surface area contributed by atoms with Gasteiger partial charge >= 0.3 is 0 Å². The summed E-state index contributed by atoms with van der Waals surface area (Å²) in [5.41, 5.74) is 4.33. The first-order chi connectivity index (χ1) is 14.3. The molecule has 160 valence electrons. The van der Waals surface area contributed by atoms with E-state index in [2.05, 4.69) is 12.1 Å². The maximum atomic E-state index is 13.1. The van der Waals surface area contributed by atoms with Crippen molar-refractivity contribution in [1.82, 2.24) is 4.31 Å². The van der Waals surface area contributed by atoms with Crippen LogP contribution in [-0.4, -0.2) is 45.4 Å². The molecule has 0 unspecified atom stereocenters. The molecule has 0 saturated carbocycles. The highest BCUT2D eigenvalue weighted by Crippen LogP contribution is 2.32. The second-order valence-corrected chi connectivity index (χ2v) is 10.4. The summed E-state index contributed by atoms with van der Waals surface area (Å²) in [6.07, 6.45) is 4.60. The van der Waals surface area contributed by atoms with Gasteiger partial charge in [-0.1, -0.05) is 6.07 Å². The van der Waals surface area contributed by atoms with E-state index < -0.39 is 16.1 Å². The molecule has 6 nitrogen and oxygen atoms in total. The molecule has 0 N–H and O–H groups in total. The lowest BCUT2D eigenvalue weighted by Gasteiger charge is -2.23. The van der Waals surface area contributed by atoms with Crippen LogP contribution in [0.4, 0.5) is 5.69 Å². The second kappa shape index (κ2) is 8.04. The van der Waals surface area contributed by atoms with Gasteiger partial charge in [0, 0.05) is 26.3 Å². The summed E-state index contributed by atoms with van der Waals surface area (Å²) in [5.74, 6) is 0.609. The van der Waals surface area contributed by atoms with Gasteiger partial charge in [-0.2, -0.15) is 0 Å². The van der Waals surface area contributed by atoms with E-state index in [9.17, 15) is 13.2 Å². The number of rotatable bonds is 5. The third-order valence-electron chi connectivity index (χ3n) is 5.97. The van der Waals surface area contributed by atoms with Crippen molar-refractivity contribution in [1.29, 1.82) is 0 Å². The Kier molecular flexibility index (Phi) is 5.59. The van der Waals surface area contributed by atoms with Gasteiger partial charge in [0.05, 0.1) is 4.90 Å². The largest absolute Gasteiger partial charge is 0.481 e. The lowest BCUT2D eigenvalue weighted by Crippen LogP contribution is -2.39. The van der Waals surface area contributed by atoms with Crippen molar-refractivity contribution >= 4 is 21.6 Å². The molecule has 2 aromatic rings. The van der Waals surface area contributed by atoms with Crippen molar-refractivity contribution in [3.8, 4) is 5.75 Å². The zero-order valence-electron chi connectivity index (χ0n) is 17.7. The molecule has 30 heavy (non-hydrogen) atoms. The fraction of sp³-hybridized carbons (Fsp3) is 0.435. The molecule has 1 aliphatic carbocycles. The van der Waals surface area contributed by atoms with Gasteiger partial charge in [0.25, 0.3) is 5.91 Å². The average molecular weight is 429 g/mol. The van der Waals surface area contributed by atoms with Gasteiger partial charge in [-0.15, -0.1) is 0 Å². The maximum Gasteiger partial charge on any atom is 0.267 e. The smallest absolute Gasteiger partial charge is 0.267 e. The number of aryl methyl sites for hydroxylation is 2. The Morgan fingerprint density at radius 2 is 1.73 bits per heavy atom. The Hall–Kier alpha value is -2.38. The predicted molar refractivity (Wildman–Crippen MR) is 117 cm³/mol. The molecule has 0 aromatic heterocycles. The predicted octanol–water partition coefficient (Wildman–Crippen LogP) is 3.17. The number of hydrogen-bond acceptors (Lipinski definition) is 4. The van der Waals surface area contributed by atoms with E-state index in [0.717, 1.165) is 29.8 Å². The third-order valence-corrected chi connectivity index (χ3v) is 7.78. The topological polar surface area (TPSA) is 66.9 Å². The fourth-order valence-corrected chi connectivity index (χ4v) is 5.19. The van der Waals surface area contributed by atoms with Crippen LogP contribution in [0, 0.1) is 0 Å². The van der Waals surface area contributed by atoms with Crippen LogP contribution < -0.4 is 9.64 Å². The molecule has 1 heterocycles. The number of sulfonamides is 1. The van der Waals surface area contributed by atoms with Crippen LogP contribution >= 0.6 is 0 Å². The van der Waals surface area contributed by atoms with Crippen molar-refractivity contribution in [2.24, 2.45) is 0 Å². The molecule has 0 fully saturated rings. The molecule has 1 atom stereocenters. The SMILES string of the molecule is C[C@H](Oc1ccc2c(c1)CCCC2)C(=O)N1CCc2cc(S(=O)(=O)N(C)C)ccc21. The Bertz CT molecular complexity index is 1080. The molecule has 0 saturated heterocycles. The minimum absolute atomic E-state index is 0.116. The molecule has 2 aromatic carbocycles. The molecular weight excluding hydrogens is 400 g/mol. The van der Waals surface area contributed by atoms with Crippen molar-refractivity contribution in [3.05, 3.63) is 53.1 Å². The number of benzene rings is 2. The minimum Gasteiger partial charge on any atom is -0.481 e. The molecule has 1 amide bonds. The maximum absolute atomic E-state index is 13.1. The molecule has 7 heteroatoms. The summed E-state index contributed by atoms with van der Waals surface area (Å²) >= 11 is 0. The van der Waals surface area contributed by atoms with E-state index >= 15 is 0 Å². The Balaban J connectivity index is 1.50. The number of fused-ring (bicyclic) bond motifs is 2. The van der Waals surface area contributed by atoms with Gasteiger partial charge < -0.3 is 9.64 Å². The number of ether oxygens (including phenoxy) is 1. The van der Waals surface area contributed by atoms with E-state index in [1.807, 2.05) is 6.07 Å². The first-order valence-corrected chi connectivity index (χ1v) is 11.9. The number of carbonyl (C=O) groups excluding carboxylic acids is 1. The van der Waals surface area contributed by atoms with E-state index in [1.54, 1.807) is 30.0 Å². The second-order valence-electron chi connectivity index (χ2n) is 8.22. The van der Waals surface area contributed by atoms with Crippen LogP contribution in [0.1, 0.15) is 36.5 Å². The average Bonchev–Trinajstić information content (AvgIpc) is 3.16. The lowest BCUT2D eigenvalue weighted by molar-refractivity contribution is -0.124. The van der Waals surface area contributed by atoms with Crippen LogP contribution in [0.2, 0.25) is 0 Å². The fourth-order valence-electron chi connectivity index (χ4n) is 4.24. The van der Waals surface area contributed by atoms with Gasteiger partial charge in [-0.3, -0.25) is 4.79 Å². The van der Waals surface area contributed by atoms with E-state index in [4.69, 9.17) is 4.74 Å². The molecule has 0 spiro atoms. The summed E-state index contributed by atoms with van der Waals surface area (Å²) in [7, 11) is -0.472. The monoisotopic (exact) mass is 428 g/mol. The summed E-state index contributed by atoms with van der Waals surface area (Å²) in [5, 5.41) is 0. The highest BCUT2D eigenvalue weighted by molar-refractivity contribution is 7.89. The van der Waals surface area contributed by atoms with Crippen LogP contribution in [0.3, 0.4) is 0 Å². The first kappa shape index (κ1) is 20.9. The van der Waals surface area contributed by atoms with Crippen LogP contribution in [0.15, 0.2) is 41.3 Å². The van der Waals surface area contributed by atoms with E-state index in [1.165, 1.54) is 42.4 Å². The van der Waals surface area contributed by atoms with Gasteiger partial charge in [0.2, 0.25) is 10.0 Å². The quantitative estimate of drug-likeness (QED) is 0.734. The molecule has 0 radical (unpaired) electrons. The Labute approximate surface area is 178 Å². The van der Waals surface area contributed by atoms with E-state index in [0.29, 0.717) is 13.0 Å². The number of carbonyl (C=O) groups is 1. The van der Waals surface area contributed by atoms with Crippen molar-refractivity contribution < 1.29 is 17.9 Å². The highest BCUT2D eigenvalue weighted by atomic mass is 32.2. The number of hydrogen-bond donors (Lipinski definition) is 0. The molecule has 1 aliphatic heterocycles. The molecule has 0 bridgehead atoms.